The summed E-state index contributed by atoms with van der Waals surface area (Å²) >= 11 is 0. The Morgan fingerprint density at radius 1 is 1.17 bits per heavy atom. The number of carbonyl (C=O) groups is 2. The zero-order valence-electron chi connectivity index (χ0n) is 12.7. The second kappa shape index (κ2) is 6.65. The molecule has 2 aromatic heterocycles. The fraction of sp³-hybridized carbons (Fsp3) is 0.200. The summed E-state index contributed by atoms with van der Waals surface area (Å²) in [7, 11) is 2.56. The highest BCUT2D eigenvalue weighted by atomic mass is 19.4. The van der Waals surface area contributed by atoms with Crippen LogP contribution in [0.3, 0.4) is 0 Å². The van der Waals surface area contributed by atoms with Crippen molar-refractivity contribution < 1.29 is 27.5 Å². The van der Waals surface area contributed by atoms with E-state index < -0.39 is 23.7 Å². The Bertz CT molecular complexity index is 761. The molecule has 0 N–H and O–H groups in total. The van der Waals surface area contributed by atoms with Crippen molar-refractivity contribution in [2.75, 3.05) is 19.1 Å². The van der Waals surface area contributed by atoms with Crippen LogP contribution in [0.15, 0.2) is 36.8 Å². The van der Waals surface area contributed by atoms with E-state index in [2.05, 4.69) is 14.7 Å². The topological polar surface area (TPSA) is 72.4 Å². The zero-order chi connectivity index (χ0) is 17.9. The van der Waals surface area contributed by atoms with Gasteiger partial charge in [0.05, 0.1) is 18.4 Å². The zero-order valence-corrected chi connectivity index (χ0v) is 12.7. The van der Waals surface area contributed by atoms with Gasteiger partial charge in [0, 0.05) is 25.6 Å². The standard InChI is InChI=1S/C15H12F3N3O3/c1-21(11-5-6-19-8-10(11)14(23)24-2)13(22)9-3-4-12(20-7-9)15(16,17)18/h3-8H,1-2H3. The number of pyridine rings is 2. The minimum absolute atomic E-state index is 0.0516. The number of methoxy groups -OCH3 is 1. The van der Waals surface area contributed by atoms with Crippen LogP contribution in [0.5, 0.6) is 0 Å². The molecule has 0 unspecified atom stereocenters. The lowest BCUT2D eigenvalue weighted by atomic mass is 10.2. The normalized spacial score (nSPS) is 11.0. The molecule has 126 valence electrons. The quantitative estimate of drug-likeness (QED) is 0.804. The van der Waals surface area contributed by atoms with Crippen molar-refractivity contribution in [2.24, 2.45) is 0 Å². The van der Waals surface area contributed by atoms with Crippen LogP contribution < -0.4 is 4.90 Å². The Labute approximate surface area is 134 Å². The van der Waals surface area contributed by atoms with Gasteiger partial charge in [-0.3, -0.25) is 14.8 Å². The second-order valence-corrected chi connectivity index (χ2v) is 4.68. The Kier molecular flexibility index (Phi) is 4.82. The van der Waals surface area contributed by atoms with Crippen molar-refractivity contribution in [3.63, 3.8) is 0 Å². The van der Waals surface area contributed by atoms with E-state index in [1.54, 1.807) is 0 Å². The summed E-state index contributed by atoms with van der Waals surface area (Å²) in [6, 6.07) is 3.16. The van der Waals surface area contributed by atoms with E-state index in [0.717, 1.165) is 23.2 Å². The van der Waals surface area contributed by atoms with Gasteiger partial charge < -0.3 is 9.64 Å². The van der Waals surface area contributed by atoms with Crippen LogP contribution in [0.4, 0.5) is 18.9 Å². The second-order valence-electron chi connectivity index (χ2n) is 4.68. The molecule has 0 bridgehead atoms. The summed E-state index contributed by atoms with van der Waals surface area (Å²) in [4.78, 5) is 32.3. The molecule has 9 heteroatoms. The molecule has 0 saturated heterocycles. The number of alkyl halides is 3. The van der Waals surface area contributed by atoms with Gasteiger partial charge in [-0.05, 0) is 18.2 Å². The Morgan fingerprint density at radius 3 is 2.42 bits per heavy atom. The minimum Gasteiger partial charge on any atom is -0.465 e. The van der Waals surface area contributed by atoms with Crippen LogP contribution in [0, 0.1) is 0 Å². The van der Waals surface area contributed by atoms with Crippen LogP contribution in [-0.4, -0.2) is 36.0 Å². The molecule has 0 aliphatic rings. The van der Waals surface area contributed by atoms with E-state index in [0.29, 0.717) is 0 Å². The number of carbonyl (C=O) groups excluding carboxylic acids is 2. The van der Waals surface area contributed by atoms with Gasteiger partial charge >= 0.3 is 12.1 Å². The molecule has 24 heavy (non-hydrogen) atoms. The lowest BCUT2D eigenvalue weighted by molar-refractivity contribution is -0.141. The molecule has 1 amide bonds. The number of anilines is 1. The van der Waals surface area contributed by atoms with Crippen molar-refractivity contribution in [1.29, 1.82) is 0 Å². The smallest absolute Gasteiger partial charge is 0.433 e. The molecule has 6 nitrogen and oxygen atoms in total. The van der Waals surface area contributed by atoms with E-state index in [-0.39, 0.29) is 16.8 Å². The molecular weight excluding hydrogens is 327 g/mol. The molecule has 0 saturated carbocycles. The van der Waals surface area contributed by atoms with Gasteiger partial charge in [-0.2, -0.15) is 13.2 Å². The molecule has 0 aliphatic heterocycles. The summed E-state index contributed by atoms with van der Waals surface area (Å²) in [6.07, 6.45) is -1.15. The summed E-state index contributed by atoms with van der Waals surface area (Å²) in [6.45, 7) is 0. The highest BCUT2D eigenvalue weighted by Gasteiger charge is 2.32. The maximum absolute atomic E-state index is 12.5. The molecule has 0 atom stereocenters. The van der Waals surface area contributed by atoms with Crippen LogP contribution in [0.2, 0.25) is 0 Å². The minimum atomic E-state index is -4.59. The van der Waals surface area contributed by atoms with Gasteiger partial charge in [-0.1, -0.05) is 0 Å². The lowest BCUT2D eigenvalue weighted by Crippen LogP contribution is -2.28. The summed E-state index contributed by atoms with van der Waals surface area (Å²) in [5, 5.41) is 0. The number of esters is 1. The number of ether oxygens (including phenoxy) is 1. The van der Waals surface area contributed by atoms with Crippen LogP contribution in [0.1, 0.15) is 26.4 Å². The average molecular weight is 339 g/mol. The molecule has 0 radical (unpaired) electrons. The largest absolute Gasteiger partial charge is 0.465 e. The molecule has 0 fully saturated rings. The Morgan fingerprint density at radius 2 is 1.88 bits per heavy atom. The summed E-state index contributed by atoms with van der Waals surface area (Å²) in [5.74, 6) is -1.32. The number of hydrogen-bond donors (Lipinski definition) is 0. The van der Waals surface area contributed by atoms with Crippen molar-refractivity contribution in [2.45, 2.75) is 6.18 Å². The SMILES string of the molecule is COC(=O)c1cnccc1N(C)C(=O)c1ccc(C(F)(F)F)nc1. The van der Waals surface area contributed by atoms with Crippen molar-refractivity contribution in [3.8, 4) is 0 Å². The number of amides is 1. The predicted molar refractivity (Wildman–Crippen MR) is 77.5 cm³/mol. The van der Waals surface area contributed by atoms with Gasteiger partial charge in [0.2, 0.25) is 0 Å². The van der Waals surface area contributed by atoms with Gasteiger partial charge in [0.25, 0.3) is 5.91 Å². The maximum atomic E-state index is 12.5. The first-order valence-electron chi connectivity index (χ1n) is 6.59. The first kappa shape index (κ1) is 17.4. The third-order valence-corrected chi connectivity index (χ3v) is 3.17. The summed E-state index contributed by atoms with van der Waals surface area (Å²) in [5.41, 5.74) is -0.892. The number of nitrogens with zero attached hydrogens (tertiary/aromatic N) is 3. The van der Waals surface area contributed by atoms with E-state index in [1.807, 2.05) is 0 Å². The van der Waals surface area contributed by atoms with Crippen LogP contribution in [0.25, 0.3) is 0 Å². The Balaban J connectivity index is 2.32. The lowest BCUT2D eigenvalue weighted by Gasteiger charge is -2.19. The molecule has 2 rings (SSSR count). The number of aromatic nitrogens is 2. The molecular formula is C15H12F3N3O3. The summed E-state index contributed by atoms with van der Waals surface area (Å²) < 4.78 is 42.1. The van der Waals surface area contributed by atoms with Crippen molar-refractivity contribution in [3.05, 3.63) is 53.6 Å². The molecule has 2 heterocycles. The predicted octanol–water partition coefficient (Wildman–Crippen LogP) is 2.56. The first-order chi connectivity index (χ1) is 11.3. The van der Waals surface area contributed by atoms with Crippen LogP contribution in [-0.2, 0) is 10.9 Å². The van der Waals surface area contributed by atoms with Crippen molar-refractivity contribution in [1.82, 2.24) is 9.97 Å². The average Bonchev–Trinajstić information content (AvgIpc) is 2.59. The van der Waals surface area contributed by atoms with Crippen LogP contribution >= 0.6 is 0 Å². The molecule has 2 aromatic rings. The van der Waals surface area contributed by atoms with E-state index in [9.17, 15) is 22.8 Å². The number of rotatable bonds is 3. The fourth-order valence-electron chi connectivity index (χ4n) is 1.94. The fourth-order valence-corrected chi connectivity index (χ4v) is 1.94. The number of halogens is 3. The van der Waals surface area contributed by atoms with Gasteiger partial charge in [0.1, 0.15) is 11.3 Å². The highest BCUT2D eigenvalue weighted by Crippen LogP contribution is 2.27. The van der Waals surface area contributed by atoms with Crippen molar-refractivity contribution >= 4 is 17.6 Å². The molecule has 0 spiro atoms. The number of hydrogen-bond acceptors (Lipinski definition) is 5. The first-order valence-corrected chi connectivity index (χ1v) is 6.59. The van der Waals surface area contributed by atoms with Gasteiger partial charge in [-0.25, -0.2) is 4.79 Å². The Hall–Kier alpha value is -2.97. The third kappa shape index (κ3) is 3.50. The highest BCUT2D eigenvalue weighted by molar-refractivity contribution is 6.09. The monoisotopic (exact) mass is 339 g/mol. The van der Waals surface area contributed by atoms with E-state index >= 15 is 0 Å². The van der Waals surface area contributed by atoms with E-state index in [1.165, 1.54) is 32.6 Å². The van der Waals surface area contributed by atoms with E-state index in [4.69, 9.17) is 0 Å². The third-order valence-electron chi connectivity index (χ3n) is 3.17. The molecule has 0 aromatic carbocycles. The maximum Gasteiger partial charge on any atom is 0.433 e. The van der Waals surface area contributed by atoms with Gasteiger partial charge in [0.15, 0.2) is 0 Å². The molecule has 0 aliphatic carbocycles. The van der Waals surface area contributed by atoms with Gasteiger partial charge in [-0.15, -0.1) is 0 Å².